The van der Waals surface area contributed by atoms with Crippen LogP contribution in [0.5, 0.6) is 0 Å². The number of rotatable bonds is 5. The Kier molecular flexibility index (Phi) is 3.88. The van der Waals surface area contributed by atoms with Crippen molar-refractivity contribution in [3.05, 3.63) is 35.4 Å². The van der Waals surface area contributed by atoms with Crippen molar-refractivity contribution in [2.24, 2.45) is 0 Å². The van der Waals surface area contributed by atoms with Crippen LogP contribution in [0.15, 0.2) is 24.3 Å². The monoisotopic (exact) mass is 306 g/mol. The van der Waals surface area contributed by atoms with Crippen molar-refractivity contribution in [1.29, 1.82) is 0 Å². The number of nitrogens with one attached hydrogen (secondary N) is 1. The van der Waals surface area contributed by atoms with Crippen LogP contribution in [-0.4, -0.2) is 38.6 Å². The van der Waals surface area contributed by atoms with E-state index in [0.717, 1.165) is 18.4 Å². The number of aryl methyl sites for hydroxylation is 1. The number of benzene rings is 1. The molecule has 1 aliphatic heterocycles. The van der Waals surface area contributed by atoms with Gasteiger partial charge in [0.2, 0.25) is 5.91 Å². The van der Waals surface area contributed by atoms with Crippen LogP contribution < -0.4 is 5.32 Å². The van der Waals surface area contributed by atoms with E-state index in [1.165, 1.54) is 5.56 Å². The predicted molar refractivity (Wildman–Crippen MR) is 84.3 cm³/mol. The Labute approximate surface area is 128 Å². The van der Waals surface area contributed by atoms with E-state index in [4.69, 9.17) is 0 Å². The molecular weight excluding hydrogens is 284 g/mol. The van der Waals surface area contributed by atoms with Gasteiger partial charge in [-0.25, -0.2) is 0 Å². The summed E-state index contributed by atoms with van der Waals surface area (Å²) < 4.78 is 11.7. The number of carbonyl (C=O) groups excluding carboxylic acids is 1. The SMILES string of the molecule is CCS(=O)CCN1C(=O)C2(CC2)NC1c1ccc(C)cc1. The minimum absolute atomic E-state index is 0.0746. The minimum atomic E-state index is -0.839. The van der Waals surface area contributed by atoms with Gasteiger partial charge < -0.3 is 4.90 Å². The number of hydrogen-bond acceptors (Lipinski definition) is 3. The molecule has 4 nitrogen and oxygen atoms in total. The summed E-state index contributed by atoms with van der Waals surface area (Å²) in [5, 5.41) is 3.50. The highest BCUT2D eigenvalue weighted by Gasteiger charge is 2.59. The number of nitrogens with zero attached hydrogens (tertiary/aromatic N) is 1. The smallest absolute Gasteiger partial charge is 0.244 e. The largest absolute Gasteiger partial charge is 0.320 e. The molecule has 3 rings (SSSR count). The van der Waals surface area contributed by atoms with E-state index in [1.807, 2.05) is 11.8 Å². The first-order valence-electron chi connectivity index (χ1n) is 7.56. The van der Waals surface area contributed by atoms with Crippen LogP contribution in [0.2, 0.25) is 0 Å². The van der Waals surface area contributed by atoms with Gasteiger partial charge in [-0.1, -0.05) is 36.8 Å². The Morgan fingerprint density at radius 1 is 1.33 bits per heavy atom. The highest BCUT2D eigenvalue weighted by atomic mass is 32.2. The van der Waals surface area contributed by atoms with Crippen molar-refractivity contribution in [1.82, 2.24) is 10.2 Å². The zero-order chi connectivity index (χ0) is 15.0. The van der Waals surface area contributed by atoms with Crippen molar-refractivity contribution in [3.8, 4) is 0 Å². The van der Waals surface area contributed by atoms with Gasteiger partial charge in [0.25, 0.3) is 0 Å². The van der Waals surface area contributed by atoms with Crippen LogP contribution in [0.1, 0.15) is 37.1 Å². The summed E-state index contributed by atoms with van der Waals surface area (Å²) in [5.41, 5.74) is 1.99. The van der Waals surface area contributed by atoms with Crippen molar-refractivity contribution in [2.75, 3.05) is 18.1 Å². The van der Waals surface area contributed by atoms with Crippen molar-refractivity contribution >= 4 is 16.7 Å². The minimum Gasteiger partial charge on any atom is -0.320 e. The maximum atomic E-state index is 12.6. The van der Waals surface area contributed by atoms with Gasteiger partial charge in [-0.15, -0.1) is 0 Å². The molecule has 2 aliphatic rings. The van der Waals surface area contributed by atoms with Crippen LogP contribution in [0.3, 0.4) is 0 Å². The highest BCUT2D eigenvalue weighted by molar-refractivity contribution is 7.84. The Balaban J connectivity index is 1.81. The van der Waals surface area contributed by atoms with Gasteiger partial charge in [0.1, 0.15) is 11.7 Å². The molecule has 0 radical (unpaired) electrons. The molecule has 0 aromatic heterocycles. The van der Waals surface area contributed by atoms with E-state index in [1.54, 1.807) is 0 Å². The second kappa shape index (κ2) is 5.54. The Morgan fingerprint density at radius 3 is 2.57 bits per heavy atom. The zero-order valence-corrected chi connectivity index (χ0v) is 13.4. The topological polar surface area (TPSA) is 49.4 Å². The second-order valence-electron chi connectivity index (χ2n) is 5.97. The van der Waals surface area contributed by atoms with Crippen LogP contribution in [0.25, 0.3) is 0 Å². The standard InChI is InChI=1S/C16H22N2O2S/c1-3-21(20)11-10-18-14(13-6-4-12(2)5-7-13)17-16(8-9-16)15(18)19/h4-7,14,17H,3,8-11H2,1-2H3. The van der Waals surface area contributed by atoms with E-state index < -0.39 is 10.8 Å². The second-order valence-corrected chi connectivity index (χ2v) is 7.84. The predicted octanol–water partition coefficient (Wildman–Crippen LogP) is 1.73. The quantitative estimate of drug-likeness (QED) is 0.901. The maximum absolute atomic E-state index is 12.6. The average Bonchev–Trinajstić information content (AvgIpc) is 3.21. The van der Waals surface area contributed by atoms with Gasteiger partial charge >= 0.3 is 0 Å². The Bertz CT molecular complexity index is 566. The summed E-state index contributed by atoms with van der Waals surface area (Å²) in [7, 11) is -0.839. The Hall–Kier alpha value is -1.20. The molecule has 21 heavy (non-hydrogen) atoms. The Morgan fingerprint density at radius 2 is 2.00 bits per heavy atom. The van der Waals surface area contributed by atoms with Crippen molar-refractivity contribution < 1.29 is 9.00 Å². The van der Waals surface area contributed by atoms with Gasteiger partial charge in [-0.2, -0.15) is 0 Å². The molecule has 2 atom stereocenters. The third kappa shape index (κ3) is 2.77. The van der Waals surface area contributed by atoms with E-state index in [0.29, 0.717) is 18.1 Å². The molecule has 114 valence electrons. The molecule has 1 aromatic rings. The first-order chi connectivity index (χ1) is 10.1. The molecule has 1 saturated carbocycles. The lowest BCUT2D eigenvalue weighted by atomic mass is 10.1. The van der Waals surface area contributed by atoms with Crippen molar-refractivity contribution in [2.45, 2.75) is 38.4 Å². The molecular formula is C16H22N2O2S. The molecule has 1 saturated heterocycles. The third-order valence-corrected chi connectivity index (χ3v) is 5.70. The first-order valence-corrected chi connectivity index (χ1v) is 9.05. The number of hydrogen-bond donors (Lipinski definition) is 1. The summed E-state index contributed by atoms with van der Waals surface area (Å²) in [6, 6.07) is 8.29. The van der Waals surface area contributed by atoms with E-state index in [2.05, 4.69) is 36.5 Å². The van der Waals surface area contributed by atoms with Gasteiger partial charge in [0, 0.05) is 28.9 Å². The van der Waals surface area contributed by atoms with Crippen LogP contribution in [0, 0.1) is 6.92 Å². The van der Waals surface area contributed by atoms with Gasteiger partial charge in [-0.05, 0) is 25.3 Å². The summed E-state index contributed by atoms with van der Waals surface area (Å²) in [6.45, 7) is 4.54. The van der Waals surface area contributed by atoms with E-state index in [9.17, 15) is 9.00 Å². The summed E-state index contributed by atoms with van der Waals surface area (Å²) in [4.78, 5) is 14.5. The molecule has 1 aromatic carbocycles. The summed E-state index contributed by atoms with van der Waals surface area (Å²) >= 11 is 0. The third-order valence-electron chi connectivity index (χ3n) is 4.42. The first kappa shape index (κ1) is 14.7. The van der Waals surface area contributed by atoms with Gasteiger partial charge in [0.05, 0.1) is 0 Å². The lowest BCUT2D eigenvalue weighted by Gasteiger charge is -2.24. The fourth-order valence-electron chi connectivity index (χ4n) is 2.86. The number of carbonyl (C=O) groups is 1. The molecule has 1 amide bonds. The lowest BCUT2D eigenvalue weighted by Crippen LogP contribution is -2.35. The van der Waals surface area contributed by atoms with Crippen LogP contribution in [0.4, 0.5) is 0 Å². The molecule has 1 aliphatic carbocycles. The molecule has 0 bridgehead atoms. The average molecular weight is 306 g/mol. The van der Waals surface area contributed by atoms with Gasteiger partial charge in [-0.3, -0.25) is 14.3 Å². The molecule has 1 N–H and O–H groups in total. The fraction of sp³-hybridized carbons (Fsp3) is 0.562. The van der Waals surface area contributed by atoms with Crippen LogP contribution in [-0.2, 0) is 15.6 Å². The highest BCUT2D eigenvalue weighted by Crippen LogP contribution is 2.45. The van der Waals surface area contributed by atoms with Gasteiger partial charge in [0.15, 0.2) is 0 Å². The maximum Gasteiger partial charge on any atom is 0.244 e. The molecule has 5 heteroatoms. The van der Waals surface area contributed by atoms with Crippen LogP contribution >= 0.6 is 0 Å². The van der Waals surface area contributed by atoms with E-state index in [-0.39, 0.29) is 17.6 Å². The number of amides is 1. The zero-order valence-electron chi connectivity index (χ0n) is 12.6. The van der Waals surface area contributed by atoms with Crippen molar-refractivity contribution in [3.63, 3.8) is 0 Å². The normalized spacial score (nSPS) is 24.6. The summed E-state index contributed by atoms with van der Waals surface area (Å²) in [5.74, 6) is 1.39. The molecule has 2 fully saturated rings. The lowest BCUT2D eigenvalue weighted by molar-refractivity contribution is -0.130. The molecule has 2 unspecified atom stereocenters. The fourth-order valence-corrected chi connectivity index (χ4v) is 3.55. The van der Waals surface area contributed by atoms with E-state index >= 15 is 0 Å². The summed E-state index contributed by atoms with van der Waals surface area (Å²) in [6.07, 6.45) is 1.76. The molecule has 1 spiro atoms. The molecule has 1 heterocycles.